The Morgan fingerprint density at radius 3 is 2.92 bits per heavy atom. The van der Waals surface area contributed by atoms with Crippen molar-refractivity contribution < 1.29 is 27.4 Å². The van der Waals surface area contributed by atoms with Gasteiger partial charge in [0.15, 0.2) is 0 Å². The number of nitrogens with zero attached hydrogens (tertiary/aromatic N) is 2. The Morgan fingerprint density at radius 1 is 1.33 bits per heavy atom. The van der Waals surface area contributed by atoms with Gasteiger partial charge in [-0.3, -0.25) is 4.79 Å². The molecule has 0 radical (unpaired) electrons. The van der Waals surface area contributed by atoms with Crippen molar-refractivity contribution in [3.8, 4) is 11.6 Å². The Kier molecular flexibility index (Phi) is 4.54. The molecule has 5 nitrogen and oxygen atoms in total. The topological polar surface area (TPSA) is 51.7 Å². The fourth-order valence-corrected chi connectivity index (χ4v) is 2.40. The van der Waals surface area contributed by atoms with Crippen molar-refractivity contribution in [2.24, 2.45) is 0 Å². The Morgan fingerprint density at radius 2 is 2.17 bits per heavy atom. The number of benzene rings is 1. The van der Waals surface area contributed by atoms with Gasteiger partial charge in [0, 0.05) is 17.8 Å². The van der Waals surface area contributed by atoms with Gasteiger partial charge >= 0.3 is 6.61 Å². The second-order valence-corrected chi connectivity index (χ2v) is 5.06. The van der Waals surface area contributed by atoms with Gasteiger partial charge in [-0.25, -0.2) is 9.37 Å². The van der Waals surface area contributed by atoms with Crippen LogP contribution in [0.4, 0.5) is 13.2 Å². The molecule has 2 heterocycles. The minimum atomic E-state index is -3.06. The smallest absolute Gasteiger partial charge is 0.387 e. The van der Waals surface area contributed by atoms with E-state index in [-0.39, 0.29) is 31.0 Å². The van der Waals surface area contributed by atoms with Crippen LogP contribution in [0, 0.1) is 5.82 Å². The number of alkyl halides is 2. The molecule has 0 aliphatic carbocycles. The standard InChI is InChI=1S/C16H13F3N2O3/c17-13-8-11(24-16(18)19)3-4-12(13)15(22)21-6-7-23-14-10(9-21)2-1-5-20-14/h1-5,8,16H,6-7,9H2. The monoisotopic (exact) mass is 338 g/mol. The van der Waals surface area contributed by atoms with Crippen molar-refractivity contribution in [3.63, 3.8) is 0 Å². The molecule has 1 aliphatic rings. The van der Waals surface area contributed by atoms with E-state index < -0.39 is 18.3 Å². The second-order valence-electron chi connectivity index (χ2n) is 5.06. The maximum absolute atomic E-state index is 14.1. The van der Waals surface area contributed by atoms with Gasteiger partial charge in [-0.05, 0) is 18.2 Å². The quantitative estimate of drug-likeness (QED) is 0.864. The highest BCUT2D eigenvalue weighted by Gasteiger charge is 2.24. The molecule has 126 valence electrons. The van der Waals surface area contributed by atoms with Crippen molar-refractivity contribution in [1.29, 1.82) is 0 Å². The van der Waals surface area contributed by atoms with E-state index >= 15 is 0 Å². The molecule has 0 N–H and O–H groups in total. The van der Waals surface area contributed by atoms with Gasteiger partial charge < -0.3 is 14.4 Å². The van der Waals surface area contributed by atoms with E-state index in [4.69, 9.17) is 4.74 Å². The Balaban J connectivity index is 1.81. The molecule has 0 fully saturated rings. The maximum Gasteiger partial charge on any atom is 0.387 e. The minimum Gasteiger partial charge on any atom is -0.476 e. The summed E-state index contributed by atoms with van der Waals surface area (Å²) in [6.07, 6.45) is 1.58. The number of ether oxygens (including phenoxy) is 2. The first-order valence-electron chi connectivity index (χ1n) is 7.15. The summed E-state index contributed by atoms with van der Waals surface area (Å²) in [5.41, 5.74) is 0.491. The fourth-order valence-electron chi connectivity index (χ4n) is 2.40. The maximum atomic E-state index is 14.1. The average Bonchev–Trinajstić information content (AvgIpc) is 2.76. The van der Waals surface area contributed by atoms with E-state index in [1.54, 1.807) is 18.3 Å². The number of carbonyl (C=O) groups is 1. The van der Waals surface area contributed by atoms with Crippen LogP contribution in [0.2, 0.25) is 0 Å². The first-order valence-corrected chi connectivity index (χ1v) is 7.15. The highest BCUT2D eigenvalue weighted by atomic mass is 19.3. The Labute approximate surface area is 135 Å². The third-order valence-corrected chi connectivity index (χ3v) is 3.49. The van der Waals surface area contributed by atoms with E-state index in [1.807, 2.05) is 0 Å². The molecule has 0 saturated carbocycles. The van der Waals surface area contributed by atoms with Crippen LogP contribution in [0.15, 0.2) is 36.5 Å². The summed E-state index contributed by atoms with van der Waals surface area (Å²) in [6, 6.07) is 6.51. The average molecular weight is 338 g/mol. The van der Waals surface area contributed by atoms with Crippen LogP contribution in [0.25, 0.3) is 0 Å². The summed E-state index contributed by atoms with van der Waals surface area (Å²) < 4.78 is 48.0. The lowest BCUT2D eigenvalue weighted by atomic mass is 10.1. The predicted molar refractivity (Wildman–Crippen MR) is 77.5 cm³/mol. The van der Waals surface area contributed by atoms with Crippen LogP contribution >= 0.6 is 0 Å². The molecule has 3 rings (SSSR count). The minimum absolute atomic E-state index is 0.219. The lowest BCUT2D eigenvalue weighted by Gasteiger charge is -2.20. The number of amides is 1. The zero-order chi connectivity index (χ0) is 17.1. The Hall–Kier alpha value is -2.77. The molecular weight excluding hydrogens is 325 g/mol. The lowest BCUT2D eigenvalue weighted by molar-refractivity contribution is -0.0500. The first kappa shape index (κ1) is 16.1. The number of aromatic nitrogens is 1. The molecule has 1 aliphatic heterocycles. The number of halogens is 3. The largest absolute Gasteiger partial charge is 0.476 e. The zero-order valence-corrected chi connectivity index (χ0v) is 12.4. The normalized spacial score (nSPS) is 13.9. The van der Waals surface area contributed by atoms with Gasteiger partial charge in [-0.1, -0.05) is 6.07 Å². The molecule has 0 saturated heterocycles. The molecule has 1 aromatic heterocycles. The molecular formula is C16H13F3N2O3. The SMILES string of the molecule is O=C(c1ccc(OC(F)F)cc1F)N1CCOc2ncccc2C1. The van der Waals surface area contributed by atoms with Crippen LogP contribution in [0.5, 0.6) is 11.6 Å². The lowest BCUT2D eigenvalue weighted by Crippen LogP contribution is -2.33. The van der Waals surface area contributed by atoms with Crippen molar-refractivity contribution in [2.75, 3.05) is 13.2 Å². The van der Waals surface area contributed by atoms with Gasteiger partial charge in [-0.15, -0.1) is 0 Å². The molecule has 24 heavy (non-hydrogen) atoms. The van der Waals surface area contributed by atoms with Gasteiger partial charge in [0.25, 0.3) is 5.91 Å². The highest BCUT2D eigenvalue weighted by molar-refractivity contribution is 5.94. The van der Waals surface area contributed by atoms with Crippen molar-refractivity contribution in [2.45, 2.75) is 13.2 Å². The first-order chi connectivity index (χ1) is 11.5. The Bertz CT molecular complexity index is 755. The molecule has 0 unspecified atom stereocenters. The molecule has 0 atom stereocenters. The van der Waals surface area contributed by atoms with E-state index in [9.17, 15) is 18.0 Å². The van der Waals surface area contributed by atoms with Gasteiger partial charge in [-0.2, -0.15) is 8.78 Å². The van der Waals surface area contributed by atoms with Crippen molar-refractivity contribution >= 4 is 5.91 Å². The summed E-state index contributed by atoms with van der Waals surface area (Å²) in [4.78, 5) is 18.0. The number of rotatable bonds is 3. The zero-order valence-electron chi connectivity index (χ0n) is 12.4. The summed E-state index contributed by atoms with van der Waals surface area (Å²) in [5.74, 6) is -1.38. The number of hydrogen-bond donors (Lipinski definition) is 0. The van der Waals surface area contributed by atoms with Crippen molar-refractivity contribution in [1.82, 2.24) is 9.88 Å². The van der Waals surface area contributed by atoms with Crippen LogP contribution in [-0.4, -0.2) is 35.6 Å². The number of hydrogen-bond acceptors (Lipinski definition) is 4. The molecule has 1 amide bonds. The van der Waals surface area contributed by atoms with Crippen LogP contribution in [-0.2, 0) is 6.54 Å². The molecule has 8 heteroatoms. The van der Waals surface area contributed by atoms with Crippen LogP contribution in [0.3, 0.4) is 0 Å². The fraction of sp³-hybridized carbons (Fsp3) is 0.250. The van der Waals surface area contributed by atoms with Crippen LogP contribution in [0.1, 0.15) is 15.9 Å². The number of carbonyl (C=O) groups excluding carboxylic acids is 1. The highest BCUT2D eigenvalue weighted by Crippen LogP contribution is 2.23. The molecule has 1 aromatic carbocycles. The van der Waals surface area contributed by atoms with E-state index in [2.05, 4.69) is 9.72 Å². The summed E-state index contributed by atoms with van der Waals surface area (Å²) in [6.45, 7) is -2.36. The van der Waals surface area contributed by atoms with E-state index in [0.717, 1.165) is 18.2 Å². The summed E-state index contributed by atoms with van der Waals surface area (Å²) in [7, 11) is 0. The predicted octanol–water partition coefficient (Wildman–Crippen LogP) is 2.86. The van der Waals surface area contributed by atoms with Gasteiger partial charge in [0.05, 0.1) is 18.7 Å². The summed E-state index contributed by atoms with van der Waals surface area (Å²) in [5, 5.41) is 0. The van der Waals surface area contributed by atoms with Gasteiger partial charge in [0.1, 0.15) is 18.2 Å². The van der Waals surface area contributed by atoms with Gasteiger partial charge in [0.2, 0.25) is 5.88 Å². The van der Waals surface area contributed by atoms with Crippen molar-refractivity contribution in [3.05, 3.63) is 53.5 Å². The molecule has 0 bridgehead atoms. The molecule has 0 spiro atoms. The summed E-state index contributed by atoms with van der Waals surface area (Å²) >= 11 is 0. The van der Waals surface area contributed by atoms with E-state index in [1.165, 1.54) is 4.90 Å². The second kappa shape index (κ2) is 6.77. The number of pyridine rings is 1. The third kappa shape index (κ3) is 3.42. The third-order valence-electron chi connectivity index (χ3n) is 3.49. The van der Waals surface area contributed by atoms with Crippen LogP contribution < -0.4 is 9.47 Å². The van der Waals surface area contributed by atoms with E-state index in [0.29, 0.717) is 11.4 Å². The molecule has 2 aromatic rings. The number of fused-ring (bicyclic) bond motifs is 1.